The molecule has 0 bridgehead atoms. The van der Waals surface area contributed by atoms with E-state index in [2.05, 4.69) is 17.1 Å². The quantitative estimate of drug-likeness (QED) is 0.669. The summed E-state index contributed by atoms with van der Waals surface area (Å²) in [6.07, 6.45) is 5.63. The lowest BCUT2D eigenvalue weighted by atomic mass is 9.95. The summed E-state index contributed by atoms with van der Waals surface area (Å²) in [4.78, 5) is 2.58. The van der Waals surface area contributed by atoms with Crippen LogP contribution in [0.3, 0.4) is 0 Å². The third-order valence-electron chi connectivity index (χ3n) is 3.17. The van der Waals surface area contributed by atoms with Crippen molar-refractivity contribution in [3.8, 4) is 0 Å². The summed E-state index contributed by atoms with van der Waals surface area (Å²) in [5.41, 5.74) is 0. The lowest BCUT2D eigenvalue weighted by Crippen LogP contribution is -2.49. The molecule has 0 aromatic rings. The maximum absolute atomic E-state index is 3.56. The lowest BCUT2D eigenvalue weighted by molar-refractivity contribution is 0.0949. The Morgan fingerprint density at radius 1 is 1.31 bits per heavy atom. The molecule has 1 saturated carbocycles. The van der Waals surface area contributed by atoms with Gasteiger partial charge in [0.05, 0.1) is 0 Å². The summed E-state index contributed by atoms with van der Waals surface area (Å²) in [6, 6.07) is 0.882. The van der Waals surface area contributed by atoms with E-state index in [1.165, 1.54) is 51.9 Å². The smallest absolute Gasteiger partial charge is 0.0107 e. The number of likely N-dealkylation sites (tertiary alicyclic amines) is 1. The van der Waals surface area contributed by atoms with E-state index < -0.39 is 0 Å². The van der Waals surface area contributed by atoms with E-state index in [1.807, 2.05) is 0 Å². The SMILES string of the molecule is CCCC1CN(CCNC2CC2)C1. The van der Waals surface area contributed by atoms with Crippen molar-refractivity contribution in [3.05, 3.63) is 0 Å². The highest BCUT2D eigenvalue weighted by Crippen LogP contribution is 2.20. The predicted molar refractivity (Wildman–Crippen MR) is 55.9 cm³/mol. The molecule has 1 heterocycles. The molecule has 0 radical (unpaired) electrons. The van der Waals surface area contributed by atoms with Crippen molar-refractivity contribution in [1.82, 2.24) is 10.2 Å². The second-order valence-electron chi connectivity index (χ2n) is 4.64. The van der Waals surface area contributed by atoms with E-state index in [4.69, 9.17) is 0 Å². The summed E-state index contributed by atoms with van der Waals surface area (Å²) in [5, 5.41) is 3.56. The second kappa shape index (κ2) is 4.43. The third-order valence-corrected chi connectivity index (χ3v) is 3.17. The van der Waals surface area contributed by atoms with Gasteiger partial charge in [-0.3, -0.25) is 0 Å². The molecular formula is C11H22N2. The Bertz CT molecular complexity index is 148. The Morgan fingerprint density at radius 2 is 2.08 bits per heavy atom. The molecule has 0 atom stereocenters. The molecule has 0 aromatic carbocycles. The van der Waals surface area contributed by atoms with Crippen LogP contribution in [-0.2, 0) is 0 Å². The van der Waals surface area contributed by atoms with Crippen molar-refractivity contribution < 1.29 is 0 Å². The van der Waals surface area contributed by atoms with Gasteiger partial charge >= 0.3 is 0 Å². The molecular weight excluding hydrogens is 160 g/mol. The van der Waals surface area contributed by atoms with Crippen molar-refractivity contribution in [2.75, 3.05) is 26.2 Å². The zero-order valence-corrected chi connectivity index (χ0v) is 8.76. The van der Waals surface area contributed by atoms with E-state index in [0.717, 1.165) is 12.0 Å². The standard InChI is InChI=1S/C11H22N2/c1-2-3-10-8-13(9-10)7-6-12-11-4-5-11/h10-12H,2-9H2,1H3. The fraction of sp³-hybridized carbons (Fsp3) is 1.00. The Labute approximate surface area is 81.7 Å². The molecule has 1 aliphatic carbocycles. The van der Waals surface area contributed by atoms with Gasteiger partial charge in [0.25, 0.3) is 0 Å². The van der Waals surface area contributed by atoms with Crippen molar-refractivity contribution >= 4 is 0 Å². The minimum absolute atomic E-state index is 0.882. The van der Waals surface area contributed by atoms with Crippen LogP contribution in [-0.4, -0.2) is 37.1 Å². The van der Waals surface area contributed by atoms with Crippen LogP contribution in [0.1, 0.15) is 32.6 Å². The van der Waals surface area contributed by atoms with Crippen LogP contribution in [0.5, 0.6) is 0 Å². The Balaban J connectivity index is 1.44. The van der Waals surface area contributed by atoms with Crippen LogP contribution in [0.15, 0.2) is 0 Å². The average Bonchev–Trinajstić information content (AvgIpc) is 2.83. The molecule has 1 saturated heterocycles. The fourth-order valence-corrected chi connectivity index (χ4v) is 2.16. The first-order valence-corrected chi connectivity index (χ1v) is 5.84. The molecule has 2 rings (SSSR count). The maximum Gasteiger partial charge on any atom is 0.0107 e. The molecule has 2 fully saturated rings. The average molecular weight is 182 g/mol. The first-order chi connectivity index (χ1) is 6.38. The molecule has 76 valence electrons. The van der Waals surface area contributed by atoms with Crippen LogP contribution >= 0.6 is 0 Å². The molecule has 0 spiro atoms. The number of rotatable bonds is 6. The first kappa shape index (κ1) is 9.47. The number of nitrogens with zero attached hydrogens (tertiary/aromatic N) is 1. The van der Waals surface area contributed by atoms with Gasteiger partial charge in [0, 0.05) is 32.2 Å². The number of hydrogen-bond acceptors (Lipinski definition) is 2. The van der Waals surface area contributed by atoms with Gasteiger partial charge in [-0.15, -0.1) is 0 Å². The number of nitrogens with one attached hydrogen (secondary N) is 1. The first-order valence-electron chi connectivity index (χ1n) is 5.84. The van der Waals surface area contributed by atoms with Gasteiger partial charge in [0.2, 0.25) is 0 Å². The van der Waals surface area contributed by atoms with Crippen LogP contribution in [0, 0.1) is 5.92 Å². The summed E-state index contributed by atoms with van der Waals surface area (Å²) >= 11 is 0. The van der Waals surface area contributed by atoms with Crippen LogP contribution in [0.25, 0.3) is 0 Å². The van der Waals surface area contributed by atoms with Crippen LogP contribution in [0.4, 0.5) is 0 Å². The monoisotopic (exact) mass is 182 g/mol. The van der Waals surface area contributed by atoms with E-state index in [-0.39, 0.29) is 0 Å². The second-order valence-corrected chi connectivity index (χ2v) is 4.64. The zero-order valence-electron chi connectivity index (χ0n) is 8.76. The topological polar surface area (TPSA) is 15.3 Å². The Kier molecular flexibility index (Phi) is 3.23. The van der Waals surface area contributed by atoms with E-state index in [1.54, 1.807) is 0 Å². The van der Waals surface area contributed by atoms with E-state index >= 15 is 0 Å². The van der Waals surface area contributed by atoms with Crippen molar-refractivity contribution in [2.45, 2.75) is 38.6 Å². The molecule has 13 heavy (non-hydrogen) atoms. The molecule has 2 nitrogen and oxygen atoms in total. The van der Waals surface area contributed by atoms with Gasteiger partial charge in [-0.2, -0.15) is 0 Å². The Hall–Kier alpha value is -0.0800. The van der Waals surface area contributed by atoms with Gasteiger partial charge in [-0.25, -0.2) is 0 Å². The summed E-state index contributed by atoms with van der Waals surface area (Å²) in [7, 11) is 0. The van der Waals surface area contributed by atoms with Gasteiger partial charge in [-0.05, 0) is 25.2 Å². The minimum Gasteiger partial charge on any atom is -0.313 e. The van der Waals surface area contributed by atoms with E-state index in [0.29, 0.717) is 0 Å². The van der Waals surface area contributed by atoms with Crippen molar-refractivity contribution in [1.29, 1.82) is 0 Å². The van der Waals surface area contributed by atoms with E-state index in [9.17, 15) is 0 Å². The summed E-state index contributed by atoms with van der Waals surface area (Å²) in [6.45, 7) is 7.50. The normalized spacial score (nSPS) is 24.7. The highest BCUT2D eigenvalue weighted by atomic mass is 15.2. The molecule has 0 aromatic heterocycles. The third kappa shape index (κ3) is 2.96. The molecule has 0 amide bonds. The predicted octanol–water partition coefficient (Wildman–Crippen LogP) is 1.47. The largest absolute Gasteiger partial charge is 0.313 e. The highest BCUT2D eigenvalue weighted by Gasteiger charge is 2.26. The minimum atomic E-state index is 0.882. The zero-order chi connectivity index (χ0) is 9.10. The Morgan fingerprint density at radius 3 is 2.69 bits per heavy atom. The lowest BCUT2D eigenvalue weighted by Gasteiger charge is -2.39. The van der Waals surface area contributed by atoms with Gasteiger partial charge in [0.15, 0.2) is 0 Å². The highest BCUT2D eigenvalue weighted by molar-refractivity contribution is 4.83. The van der Waals surface area contributed by atoms with Crippen LogP contribution in [0.2, 0.25) is 0 Å². The molecule has 2 aliphatic rings. The maximum atomic E-state index is 3.56. The van der Waals surface area contributed by atoms with Gasteiger partial charge in [0.1, 0.15) is 0 Å². The van der Waals surface area contributed by atoms with Crippen LogP contribution < -0.4 is 5.32 Å². The fourth-order valence-electron chi connectivity index (χ4n) is 2.16. The molecule has 0 unspecified atom stereocenters. The molecule has 1 aliphatic heterocycles. The van der Waals surface area contributed by atoms with Crippen molar-refractivity contribution in [2.24, 2.45) is 5.92 Å². The molecule has 2 heteroatoms. The van der Waals surface area contributed by atoms with Gasteiger partial charge in [-0.1, -0.05) is 13.3 Å². The summed E-state index contributed by atoms with van der Waals surface area (Å²) in [5.74, 6) is 1.02. The van der Waals surface area contributed by atoms with Gasteiger partial charge < -0.3 is 10.2 Å². The van der Waals surface area contributed by atoms with Crippen molar-refractivity contribution in [3.63, 3.8) is 0 Å². The molecule has 1 N–H and O–H groups in total. The summed E-state index contributed by atoms with van der Waals surface area (Å²) < 4.78 is 0. The number of hydrogen-bond donors (Lipinski definition) is 1.